The first kappa shape index (κ1) is 11.2. The molecule has 0 saturated carbocycles. The van der Waals surface area contributed by atoms with Crippen molar-refractivity contribution in [2.75, 3.05) is 6.61 Å². The fourth-order valence-corrected chi connectivity index (χ4v) is 1.32. The van der Waals surface area contributed by atoms with Crippen molar-refractivity contribution >= 4 is 0 Å². The molecule has 5 atom stereocenters. The van der Waals surface area contributed by atoms with Crippen molar-refractivity contribution in [2.24, 2.45) is 10.8 Å². The zero-order valence-electron chi connectivity index (χ0n) is 7.26. The molecular weight excluding hydrogens is 192 g/mol. The third-order valence-electron chi connectivity index (χ3n) is 2.13. The Hall–Kier alpha value is -0.890. The molecule has 1 unspecified atom stereocenters. The molecule has 80 valence electrons. The molecule has 0 bridgehead atoms. The molecule has 8 heteroatoms. The zero-order chi connectivity index (χ0) is 10.7. The van der Waals surface area contributed by atoms with Gasteiger partial charge in [-0.2, -0.15) is 0 Å². The lowest BCUT2D eigenvalue weighted by molar-refractivity contribution is -0.221. The van der Waals surface area contributed by atoms with Crippen LogP contribution in [-0.2, 0) is 4.74 Å². The van der Waals surface area contributed by atoms with E-state index in [0.717, 1.165) is 0 Å². The predicted octanol–water partition coefficient (Wildman–Crippen LogP) is -1.94. The minimum atomic E-state index is -1.36. The number of ether oxygens (including phenoxy) is 1. The first-order chi connectivity index (χ1) is 6.61. The van der Waals surface area contributed by atoms with Crippen molar-refractivity contribution < 1.29 is 20.1 Å². The highest BCUT2D eigenvalue weighted by molar-refractivity contribution is 4.95. The summed E-state index contributed by atoms with van der Waals surface area (Å²) in [6.45, 7) is -0.484. The van der Waals surface area contributed by atoms with E-state index in [2.05, 4.69) is 10.0 Å². The van der Waals surface area contributed by atoms with Crippen molar-refractivity contribution in [1.29, 1.82) is 0 Å². The van der Waals surface area contributed by atoms with Gasteiger partial charge in [0.25, 0.3) is 0 Å². The van der Waals surface area contributed by atoms with Gasteiger partial charge in [0.2, 0.25) is 0 Å². The Balaban J connectivity index is 2.82. The Labute approximate surface area is 79.5 Å². The second-order valence-electron chi connectivity index (χ2n) is 3.01. The fourth-order valence-electron chi connectivity index (χ4n) is 1.32. The van der Waals surface area contributed by atoms with Gasteiger partial charge in [-0.15, -0.1) is 0 Å². The number of aliphatic hydroxyl groups is 3. The Morgan fingerprint density at radius 2 is 2.14 bits per heavy atom. The number of nitrogens with two attached hydrogens (primary N) is 1. The SMILES string of the molecule is [N-]=[N+]=N[C@@H]1[C@H](O)[C@@H](CO)OC(O)[C@@H]1N. The summed E-state index contributed by atoms with van der Waals surface area (Å²) in [7, 11) is 0. The highest BCUT2D eigenvalue weighted by atomic mass is 16.6. The maximum atomic E-state index is 9.51. The van der Waals surface area contributed by atoms with Crippen LogP contribution in [0.25, 0.3) is 10.4 Å². The van der Waals surface area contributed by atoms with E-state index in [0.29, 0.717) is 0 Å². The molecule has 5 N–H and O–H groups in total. The highest BCUT2D eigenvalue weighted by Crippen LogP contribution is 2.20. The molecule has 1 aliphatic heterocycles. The average Bonchev–Trinajstić information content (AvgIpc) is 2.18. The molecule has 0 aromatic rings. The third-order valence-corrected chi connectivity index (χ3v) is 2.13. The van der Waals surface area contributed by atoms with Crippen LogP contribution < -0.4 is 5.73 Å². The highest BCUT2D eigenvalue weighted by Gasteiger charge is 2.42. The zero-order valence-corrected chi connectivity index (χ0v) is 7.26. The van der Waals surface area contributed by atoms with Crippen LogP contribution in [0.3, 0.4) is 0 Å². The summed E-state index contributed by atoms with van der Waals surface area (Å²) in [5, 5.41) is 30.8. The van der Waals surface area contributed by atoms with Crippen molar-refractivity contribution in [3.63, 3.8) is 0 Å². The molecule has 8 nitrogen and oxygen atoms in total. The van der Waals surface area contributed by atoms with Gasteiger partial charge in [0.15, 0.2) is 6.29 Å². The van der Waals surface area contributed by atoms with E-state index in [1.54, 1.807) is 0 Å². The van der Waals surface area contributed by atoms with Crippen LogP contribution in [0.2, 0.25) is 0 Å². The van der Waals surface area contributed by atoms with Crippen molar-refractivity contribution in [3.05, 3.63) is 10.4 Å². The molecule has 0 spiro atoms. The first-order valence-electron chi connectivity index (χ1n) is 4.04. The Bertz CT molecular complexity index is 244. The predicted molar refractivity (Wildman–Crippen MR) is 44.9 cm³/mol. The lowest BCUT2D eigenvalue weighted by atomic mass is 9.96. The lowest BCUT2D eigenvalue weighted by Gasteiger charge is -2.38. The molecule has 14 heavy (non-hydrogen) atoms. The number of aliphatic hydroxyl groups excluding tert-OH is 3. The van der Waals surface area contributed by atoms with Crippen LogP contribution in [-0.4, -0.2) is 52.5 Å². The van der Waals surface area contributed by atoms with Gasteiger partial charge >= 0.3 is 0 Å². The first-order valence-corrected chi connectivity index (χ1v) is 4.04. The van der Waals surface area contributed by atoms with E-state index in [1.165, 1.54) is 0 Å². The lowest BCUT2D eigenvalue weighted by Crippen LogP contribution is -2.61. The van der Waals surface area contributed by atoms with E-state index >= 15 is 0 Å². The van der Waals surface area contributed by atoms with Gasteiger partial charge in [0.05, 0.1) is 24.8 Å². The molecule has 0 aromatic heterocycles. The summed E-state index contributed by atoms with van der Waals surface area (Å²) in [4.78, 5) is 2.50. The monoisotopic (exact) mass is 204 g/mol. The Kier molecular flexibility index (Phi) is 3.64. The standard InChI is InChI=1S/C6H12N4O4/c7-3-4(9-10-8)5(12)2(1-11)14-6(3)13/h2-6,11-13H,1,7H2/t2-,3-,4+,5-,6?/m1/s1. The largest absolute Gasteiger partial charge is 0.394 e. The van der Waals surface area contributed by atoms with E-state index < -0.39 is 37.2 Å². The van der Waals surface area contributed by atoms with Crippen LogP contribution in [0, 0.1) is 0 Å². The molecule has 1 fully saturated rings. The minimum Gasteiger partial charge on any atom is -0.394 e. The number of nitrogens with zero attached hydrogens (tertiary/aromatic N) is 3. The summed E-state index contributed by atoms with van der Waals surface area (Å²) in [5.74, 6) is 0. The van der Waals surface area contributed by atoms with Gasteiger partial charge in [-0.1, -0.05) is 5.11 Å². The second-order valence-corrected chi connectivity index (χ2v) is 3.01. The smallest absolute Gasteiger partial charge is 0.170 e. The van der Waals surface area contributed by atoms with Gasteiger partial charge in [0, 0.05) is 4.91 Å². The van der Waals surface area contributed by atoms with Crippen LogP contribution in [0.5, 0.6) is 0 Å². The summed E-state index contributed by atoms with van der Waals surface area (Å²) < 4.78 is 4.78. The topological polar surface area (TPSA) is 145 Å². The van der Waals surface area contributed by atoms with E-state index in [-0.39, 0.29) is 0 Å². The van der Waals surface area contributed by atoms with Crippen LogP contribution in [0.4, 0.5) is 0 Å². The third kappa shape index (κ3) is 1.95. The number of hydrogen-bond acceptors (Lipinski definition) is 6. The fraction of sp³-hybridized carbons (Fsp3) is 1.00. The van der Waals surface area contributed by atoms with Crippen molar-refractivity contribution in [1.82, 2.24) is 0 Å². The molecule has 1 rings (SSSR count). The summed E-state index contributed by atoms with van der Waals surface area (Å²) in [6, 6.07) is -2.00. The molecule has 0 aromatic carbocycles. The van der Waals surface area contributed by atoms with Crippen LogP contribution in [0.15, 0.2) is 5.11 Å². The van der Waals surface area contributed by atoms with Gasteiger partial charge in [-0.25, -0.2) is 0 Å². The van der Waals surface area contributed by atoms with Crippen LogP contribution in [0.1, 0.15) is 0 Å². The van der Waals surface area contributed by atoms with Gasteiger partial charge in [-0.05, 0) is 5.53 Å². The van der Waals surface area contributed by atoms with Crippen molar-refractivity contribution in [3.8, 4) is 0 Å². The summed E-state index contributed by atoms with van der Waals surface area (Å²) in [6.07, 6.45) is -3.55. The molecule has 1 saturated heterocycles. The van der Waals surface area contributed by atoms with E-state index in [4.69, 9.17) is 21.1 Å². The maximum Gasteiger partial charge on any atom is 0.170 e. The van der Waals surface area contributed by atoms with Gasteiger partial charge in [-0.3, -0.25) is 0 Å². The Morgan fingerprint density at radius 1 is 1.50 bits per heavy atom. The van der Waals surface area contributed by atoms with Gasteiger partial charge in [0.1, 0.15) is 6.10 Å². The van der Waals surface area contributed by atoms with E-state index in [9.17, 15) is 10.2 Å². The molecule has 0 radical (unpaired) electrons. The molecule has 0 amide bonds. The van der Waals surface area contributed by atoms with Crippen LogP contribution >= 0.6 is 0 Å². The molecule has 1 aliphatic rings. The summed E-state index contributed by atoms with van der Waals surface area (Å²) in [5.41, 5.74) is 13.6. The number of hydrogen-bond donors (Lipinski definition) is 4. The van der Waals surface area contributed by atoms with Crippen molar-refractivity contribution in [2.45, 2.75) is 30.6 Å². The second kappa shape index (κ2) is 4.56. The van der Waals surface area contributed by atoms with Gasteiger partial charge < -0.3 is 25.8 Å². The quantitative estimate of drug-likeness (QED) is 0.235. The summed E-state index contributed by atoms with van der Waals surface area (Å²) >= 11 is 0. The Morgan fingerprint density at radius 3 is 2.64 bits per heavy atom. The minimum absolute atomic E-state index is 0.484. The molecular formula is C6H12N4O4. The maximum absolute atomic E-state index is 9.51. The average molecular weight is 204 g/mol. The number of rotatable bonds is 2. The molecule has 1 heterocycles. The molecule has 0 aliphatic carbocycles. The normalized spacial score (nSPS) is 43.0. The number of azide groups is 1. The van der Waals surface area contributed by atoms with E-state index in [1.807, 2.05) is 0 Å².